The highest BCUT2D eigenvalue weighted by atomic mass is 79.9. The van der Waals surface area contributed by atoms with E-state index in [1.54, 1.807) is 53.6 Å². The lowest BCUT2D eigenvalue weighted by molar-refractivity contribution is 0.0697. The molecule has 5 rings (SSSR count). The van der Waals surface area contributed by atoms with Crippen molar-refractivity contribution >= 4 is 45.1 Å². The van der Waals surface area contributed by atoms with Crippen LogP contribution >= 0.6 is 27.7 Å². The maximum Gasteiger partial charge on any atom is 0.335 e. The van der Waals surface area contributed by atoms with E-state index in [1.165, 1.54) is 11.8 Å². The third-order valence-electron chi connectivity index (χ3n) is 4.94. The van der Waals surface area contributed by atoms with Gasteiger partial charge in [-0.1, -0.05) is 17.8 Å². The molecule has 0 spiro atoms. The normalized spacial score (nSPS) is 11.1. The molecule has 0 aliphatic heterocycles. The van der Waals surface area contributed by atoms with Crippen molar-refractivity contribution in [1.82, 2.24) is 24.6 Å². The number of rotatable bonds is 5. The van der Waals surface area contributed by atoms with Gasteiger partial charge in [0.1, 0.15) is 10.8 Å². The van der Waals surface area contributed by atoms with E-state index in [9.17, 15) is 4.79 Å². The summed E-state index contributed by atoms with van der Waals surface area (Å²) in [7, 11) is 0. The van der Waals surface area contributed by atoms with Crippen molar-refractivity contribution in [2.24, 2.45) is 0 Å². The van der Waals surface area contributed by atoms with Gasteiger partial charge >= 0.3 is 5.97 Å². The van der Waals surface area contributed by atoms with Gasteiger partial charge in [-0.2, -0.15) is 9.61 Å². The molecule has 0 aliphatic rings. The third kappa shape index (κ3) is 4.06. The summed E-state index contributed by atoms with van der Waals surface area (Å²) in [6.07, 6.45) is 6.98. The van der Waals surface area contributed by atoms with Gasteiger partial charge in [-0.25, -0.2) is 9.78 Å². The van der Waals surface area contributed by atoms with Crippen molar-refractivity contribution in [3.05, 3.63) is 83.4 Å². The van der Waals surface area contributed by atoms with Crippen molar-refractivity contribution in [2.45, 2.75) is 9.92 Å². The van der Waals surface area contributed by atoms with Gasteiger partial charge in [0.15, 0.2) is 5.65 Å². The highest BCUT2D eigenvalue weighted by Gasteiger charge is 2.17. The van der Waals surface area contributed by atoms with Gasteiger partial charge in [0.05, 0.1) is 21.9 Å². The molecule has 0 radical (unpaired) electrons. The number of carboxylic acid groups (broad SMARTS) is 1. The summed E-state index contributed by atoms with van der Waals surface area (Å²) in [5.41, 5.74) is 10.5. The number of aromatic nitrogens is 5. The summed E-state index contributed by atoms with van der Waals surface area (Å²) in [6.45, 7) is 0. The van der Waals surface area contributed by atoms with Gasteiger partial charge in [-0.05, 0) is 58.4 Å². The number of nitrogen functional groups attached to an aromatic ring is 1. The molecule has 0 fully saturated rings. The summed E-state index contributed by atoms with van der Waals surface area (Å²) >= 11 is 4.89. The van der Waals surface area contributed by atoms with E-state index in [0.29, 0.717) is 21.0 Å². The number of aromatic carboxylic acids is 1. The number of benzene rings is 1. The summed E-state index contributed by atoms with van der Waals surface area (Å²) in [4.78, 5) is 25.4. The SMILES string of the molecule is Nc1c(Br)c(Sc2ccc(C(=O)O)cc2)nc2c(-c3ccc(-c4cccnc4)nc3)cnn12. The van der Waals surface area contributed by atoms with Crippen LogP contribution in [0.15, 0.2) is 87.7 Å². The zero-order chi connectivity index (χ0) is 22.9. The number of carbonyl (C=O) groups is 1. The highest BCUT2D eigenvalue weighted by molar-refractivity contribution is 9.10. The lowest BCUT2D eigenvalue weighted by atomic mass is 10.1. The van der Waals surface area contributed by atoms with Gasteiger partial charge in [0, 0.05) is 40.2 Å². The molecule has 10 heteroatoms. The fourth-order valence-electron chi connectivity index (χ4n) is 3.26. The lowest BCUT2D eigenvalue weighted by Crippen LogP contribution is -2.03. The molecular weight excluding hydrogens is 504 g/mol. The Labute approximate surface area is 200 Å². The van der Waals surface area contributed by atoms with Crippen LogP contribution in [0.1, 0.15) is 10.4 Å². The van der Waals surface area contributed by atoms with Crippen molar-refractivity contribution in [3.8, 4) is 22.4 Å². The number of halogens is 1. The van der Waals surface area contributed by atoms with Crippen molar-refractivity contribution in [3.63, 3.8) is 0 Å². The number of anilines is 1. The smallest absolute Gasteiger partial charge is 0.335 e. The predicted octanol–water partition coefficient (Wildman–Crippen LogP) is 5.05. The van der Waals surface area contributed by atoms with Crippen LogP contribution in [0.3, 0.4) is 0 Å². The van der Waals surface area contributed by atoms with E-state index >= 15 is 0 Å². The van der Waals surface area contributed by atoms with Gasteiger partial charge in [-0.3, -0.25) is 9.97 Å². The zero-order valence-corrected chi connectivity index (χ0v) is 19.3. The van der Waals surface area contributed by atoms with E-state index in [-0.39, 0.29) is 5.56 Å². The maximum atomic E-state index is 11.1. The number of hydrogen-bond acceptors (Lipinski definition) is 7. The number of hydrogen-bond donors (Lipinski definition) is 2. The second-order valence-electron chi connectivity index (χ2n) is 7.02. The molecule has 0 unspecified atom stereocenters. The van der Waals surface area contributed by atoms with Gasteiger partial charge in [-0.15, -0.1) is 0 Å². The minimum Gasteiger partial charge on any atom is -0.478 e. The summed E-state index contributed by atoms with van der Waals surface area (Å²) in [5.74, 6) is -0.556. The topological polar surface area (TPSA) is 119 Å². The summed E-state index contributed by atoms with van der Waals surface area (Å²) < 4.78 is 2.19. The zero-order valence-electron chi connectivity index (χ0n) is 16.9. The number of nitrogens with zero attached hydrogens (tertiary/aromatic N) is 5. The van der Waals surface area contributed by atoms with Crippen LogP contribution in [0.2, 0.25) is 0 Å². The van der Waals surface area contributed by atoms with Crippen LogP contribution in [0.5, 0.6) is 0 Å². The van der Waals surface area contributed by atoms with Crippen LogP contribution in [0.4, 0.5) is 5.82 Å². The molecule has 0 saturated heterocycles. The number of carboxylic acids is 1. The fourth-order valence-corrected chi connectivity index (χ4v) is 4.58. The van der Waals surface area contributed by atoms with Crippen molar-refractivity contribution in [2.75, 3.05) is 5.73 Å². The molecule has 0 amide bonds. The first-order chi connectivity index (χ1) is 16.0. The van der Waals surface area contributed by atoms with Gasteiger partial charge in [0.25, 0.3) is 0 Å². The Morgan fingerprint density at radius 1 is 1.03 bits per heavy atom. The van der Waals surface area contributed by atoms with Gasteiger partial charge in [0.2, 0.25) is 0 Å². The molecule has 0 saturated carbocycles. The van der Waals surface area contributed by atoms with Crippen molar-refractivity contribution < 1.29 is 9.90 Å². The molecule has 33 heavy (non-hydrogen) atoms. The minimum absolute atomic E-state index is 0.224. The quantitative estimate of drug-likeness (QED) is 0.310. The first-order valence-corrected chi connectivity index (χ1v) is 11.3. The van der Waals surface area contributed by atoms with E-state index in [1.807, 2.05) is 24.3 Å². The second-order valence-corrected chi connectivity index (χ2v) is 8.87. The molecule has 4 heterocycles. The largest absolute Gasteiger partial charge is 0.478 e. The van der Waals surface area contributed by atoms with Crippen LogP contribution in [0, 0.1) is 0 Å². The van der Waals surface area contributed by atoms with Crippen LogP contribution < -0.4 is 5.73 Å². The standard InChI is InChI=1S/C23H15BrN6O2S/c24-19-20(25)30-21(29-22(19)33-16-6-3-13(4-7-16)23(31)32)17(12-28-30)14-5-8-18(27-11-14)15-2-1-9-26-10-15/h1-12H,25H2,(H,31,32). The average Bonchev–Trinajstić information content (AvgIpc) is 3.27. The second kappa shape index (κ2) is 8.64. The Bertz CT molecular complexity index is 1470. The average molecular weight is 519 g/mol. The third-order valence-corrected chi connectivity index (χ3v) is 6.98. The van der Waals surface area contributed by atoms with E-state index in [0.717, 1.165) is 27.3 Å². The number of pyridine rings is 2. The Kier molecular flexibility index (Phi) is 5.53. The molecule has 0 atom stereocenters. The Balaban J connectivity index is 1.52. The Morgan fingerprint density at radius 3 is 2.52 bits per heavy atom. The molecule has 8 nitrogen and oxygen atoms in total. The monoisotopic (exact) mass is 518 g/mol. The lowest BCUT2D eigenvalue weighted by Gasteiger charge is -2.09. The number of fused-ring (bicyclic) bond motifs is 1. The van der Waals surface area contributed by atoms with Crippen LogP contribution in [0.25, 0.3) is 28.0 Å². The molecule has 1 aromatic carbocycles. The molecule has 162 valence electrons. The maximum absolute atomic E-state index is 11.1. The van der Waals surface area contributed by atoms with Gasteiger partial charge < -0.3 is 10.8 Å². The molecular formula is C23H15BrN6O2S. The Hall–Kier alpha value is -3.76. The van der Waals surface area contributed by atoms with E-state index < -0.39 is 5.97 Å². The minimum atomic E-state index is -0.969. The van der Waals surface area contributed by atoms with Crippen LogP contribution in [-0.2, 0) is 0 Å². The summed E-state index contributed by atoms with van der Waals surface area (Å²) in [5, 5.41) is 14.1. The molecule has 0 bridgehead atoms. The van der Waals surface area contributed by atoms with E-state index in [4.69, 9.17) is 15.8 Å². The first-order valence-electron chi connectivity index (χ1n) is 9.72. The Morgan fingerprint density at radius 2 is 1.85 bits per heavy atom. The van der Waals surface area contributed by atoms with Crippen molar-refractivity contribution in [1.29, 1.82) is 0 Å². The molecule has 5 aromatic rings. The molecule has 0 aliphatic carbocycles. The molecule has 3 N–H and O–H groups in total. The summed E-state index contributed by atoms with van der Waals surface area (Å²) in [6, 6.07) is 14.3. The van der Waals surface area contributed by atoms with E-state index in [2.05, 4.69) is 31.0 Å². The molecule has 4 aromatic heterocycles. The fraction of sp³-hybridized carbons (Fsp3) is 0. The highest BCUT2D eigenvalue weighted by Crippen LogP contribution is 2.37. The first kappa shape index (κ1) is 21.1. The predicted molar refractivity (Wildman–Crippen MR) is 129 cm³/mol. The van der Waals surface area contributed by atoms with Crippen LogP contribution in [-0.4, -0.2) is 35.6 Å². The number of nitrogens with two attached hydrogens (primary N) is 1.